The zero-order valence-electron chi connectivity index (χ0n) is 17.8. The Kier molecular flexibility index (Phi) is 8.46. The van der Waals surface area contributed by atoms with Gasteiger partial charge in [-0.05, 0) is 30.1 Å². The predicted octanol–water partition coefficient (Wildman–Crippen LogP) is 4.87. The second-order valence-corrected chi connectivity index (χ2v) is 12.2. The van der Waals surface area contributed by atoms with Crippen molar-refractivity contribution in [3.8, 4) is 0 Å². The first-order chi connectivity index (χ1) is 14.0. The highest BCUT2D eigenvalue weighted by atomic mass is 28.4. The molecule has 1 aromatic rings. The van der Waals surface area contributed by atoms with Crippen LogP contribution in [0.2, 0.25) is 18.1 Å². The standard InChI is InChI=1S/C22H33NO5Si/c1-5-14-22(15-16-28-29(6-2,7-3)8-4)20(24)27-18-23(22)21(25)26-17-19-12-10-9-11-13-19/h5,9-13H,1,6-8,14-18H2,2-4H3. The van der Waals surface area contributed by atoms with Gasteiger partial charge in [0, 0.05) is 13.0 Å². The number of hydrogen-bond acceptors (Lipinski definition) is 5. The lowest BCUT2D eigenvalue weighted by Crippen LogP contribution is -2.52. The third-order valence-corrected chi connectivity index (χ3v) is 10.7. The van der Waals surface area contributed by atoms with Gasteiger partial charge in [0.15, 0.2) is 20.6 Å². The molecule has 1 fully saturated rings. The number of benzene rings is 1. The Morgan fingerprint density at radius 1 is 1.24 bits per heavy atom. The van der Waals surface area contributed by atoms with Gasteiger partial charge in [-0.25, -0.2) is 9.59 Å². The van der Waals surface area contributed by atoms with E-state index >= 15 is 0 Å². The van der Waals surface area contributed by atoms with E-state index in [1.165, 1.54) is 4.90 Å². The zero-order valence-corrected chi connectivity index (χ0v) is 18.8. The molecule has 160 valence electrons. The number of esters is 1. The van der Waals surface area contributed by atoms with Crippen LogP contribution in [0.5, 0.6) is 0 Å². The maximum absolute atomic E-state index is 12.8. The third-order valence-electron chi connectivity index (χ3n) is 5.99. The quantitative estimate of drug-likeness (QED) is 0.291. The number of hydrogen-bond donors (Lipinski definition) is 0. The second-order valence-electron chi connectivity index (χ2n) is 7.40. The summed E-state index contributed by atoms with van der Waals surface area (Å²) in [5, 5.41) is 0. The van der Waals surface area contributed by atoms with Crippen LogP contribution < -0.4 is 0 Å². The first kappa shape index (κ1) is 23.2. The molecule has 0 aliphatic carbocycles. The summed E-state index contributed by atoms with van der Waals surface area (Å²) in [4.78, 5) is 26.8. The zero-order chi connectivity index (χ0) is 21.3. The summed E-state index contributed by atoms with van der Waals surface area (Å²) in [7, 11) is -1.79. The van der Waals surface area contributed by atoms with Crippen LogP contribution >= 0.6 is 0 Å². The molecule has 29 heavy (non-hydrogen) atoms. The topological polar surface area (TPSA) is 65.1 Å². The van der Waals surface area contributed by atoms with E-state index in [9.17, 15) is 9.59 Å². The molecule has 1 aromatic carbocycles. The summed E-state index contributed by atoms with van der Waals surface area (Å²) >= 11 is 0. The molecule has 1 heterocycles. The Hall–Kier alpha value is -2.12. The fourth-order valence-electron chi connectivity index (χ4n) is 3.78. The van der Waals surface area contributed by atoms with E-state index in [-0.39, 0.29) is 13.3 Å². The van der Waals surface area contributed by atoms with Crippen LogP contribution in [-0.4, -0.2) is 44.2 Å². The fourth-order valence-corrected chi connectivity index (χ4v) is 6.43. The highest BCUT2D eigenvalue weighted by Crippen LogP contribution is 2.34. The minimum atomic E-state index is -1.79. The van der Waals surface area contributed by atoms with Gasteiger partial charge in [-0.1, -0.05) is 57.2 Å². The van der Waals surface area contributed by atoms with Gasteiger partial charge < -0.3 is 13.9 Å². The molecule has 0 bridgehead atoms. The Morgan fingerprint density at radius 3 is 2.48 bits per heavy atom. The number of nitrogens with zero attached hydrogens (tertiary/aromatic N) is 1. The van der Waals surface area contributed by atoms with Crippen LogP contribution in [0.25, 0.3) is 0 Å². The molecular weight excluding hydrogens is 386 g/mol. The number of amides is 1. The van der Waals surface area contributed by atoms with Crippen molar-refractivity contribution in [3.63, 3.8) is 0 Å². The molecule has 1 saturated heterocycles. The number of rotatable bonds is 11. The molecule has 7 heteroatoms. The van der Waals surface area contributed by atoms with Gasteiger partial charge in [-0.15, -0.1) is 6.58 Å². The SMILES string of the molecule is C=CCC1(CCO[Si](CC)(CC)CC)C(=O)OCN1C(=O)OCc1ccccc1. The molecule has 1 aliphatic rings. The van der Waals surface area contributed by atoms with Gasteiger partial charge >= 0.3 is 12.1 Å². The minimum Gasteiger partial charge on any atom is -0.444 e. The van der Waals surface area contributed by atoms with Crippen molar-refractivity contribution in [1.29, 1.82) is 0 Å². The molecule has 6 nitrogen and oxygen atoms in total. The number of carbonyl (C=O) groups excluding carboxylic acids is 2. The molecule has 0 spiro atoms. The van der Waals surface area contributed by atoms with Crippen LogP contribution in [0.3, 0.4) is 0 Å². The van der Waals surface area contributed by atoms with Crippen molar-refractivity contribution in [3.05, 3.63) is 48.6 Å². The molecule has 0 aromatic heterocycles. The monoisotopic (exact) mass is 419 g/mol. The molecule has 1 atom stereocenters. The second kappa shape index (κ2) is 10.6. The average Bonchev–Trinajstić information content (AvgIpc) is 3.07. The van der Waals surface area contributed by atoms with Crippen LogP contribution in [0.15, 0.2) is 43.0 Å². The van der Waals surface area contributed by atoms with Crippen molar-refractivity contribution >= 4 is 20.4 Å². The molecule has 0 radical (unpaired) electrons. The third kappa shape index (κ3) is 5.28. The largest absolute Gasteiger partial charge is 0.444 e. The molecule has 1 amide bonds. The average molecular weight is 420 g/mol. The van der Waals surface area contributed by atoms with Crippen LogP contribution in [0, 0.1) is 0 Å². The Bertz CT molecular complexity index is 683. The lowest BCUT2D eigenvalue weighted by Gasteiger charge is -2.34. The van der Waals surface area contributed by atoms with E-state index < -0.39 is 25.9 Å². The molecule has 0 N–H and O–H groups in total. The van der Waals surface area contributed by atoms with Crippen molar-refractivity contribution in [2.24, 2.45) is 0 Å². The fraction of sp³-hybridized carbons (Fsp3) is 0.545. The summed E-state index contributed by atoms with van der Waals surface area (Å²) < 4.78 is 17.1. The van der Waals surface area contributed by atoms with Gasteiger partial charge in [0.05, 0.1) is 0 Å². The summed E-state index contributed by atoms with van der Waals surface area (Å²) in [5.41, 5.74) is -0.236. The maximum atomic E-state index is 12.8. The number of cyclic esters (lactones) is 1. The van der Waals surface area contributed by atoms with Gasteiger partial charge in [0.2, 0.25) is 0 Å². The lowest BCUT2D eigenvalue weighted by atomic mass is 9.91. The van der Waals surface area contributed by atoms with Crippen molar-refractivity contribution in [2.75, 3.05) is 13.3 Å². The molecule has 2 rings (SSSR count). The van der Waals surface area contributed by atoms with Gasteiger partial charge in [-0.3, -0.25) is 4.90 Å². The van der Waals surface area contributed by atoms with E-state index in [1.807, 2.05) is 30.3 Å². The summed E-state index contributed by atoms with van der Waals surface area (Å²) in [5.74, 6) is -0.422. The van der Waals surface area contributed by atoms with E-state index in [0.717, 1.165) is 23.7 Å². The smallest absolute Gasteiger partial charge is 0.413 e. The summed E-state index contributed by atoms with van der Waals surface area (Å²) in [6, 6.07) is 12.5. The minimum absolute atomic E-state index is 0.113. The van der Waals surface area contributed by atoms with Crippen molar-refractivity contribution in [1.82, 2.24) is 4.90 Å². The Morgan fingerprint density at radius 2 is 1.90 bits per heavy atom. The van der Waals surface area contributed by atoms with E-state index in [1.54, 1.807) is 6.08 Å². The Balaban J connectivity index is 2.10. The van der Waals surface area contributed by atoms with Crippen LogP contribution in [0.4, 0.5) is 4.79 Å². The highest BCUT2D eigenvalue weighted by molar-refractivity contribution is 6.73. The van der Waals surface area contributed by atoms with Crippen molar-refractivity contribution in [2.45, 2.75) is 63.9 Å². The molecule has 1 unspecified atom stereocenters. The Labute approximate surface area is 175 Å². The summed E-state index contributed by atoms with van der Waals surface area (Å²) in [6.45, 7) is 10.7. The normalized spacial score (nSPS) is 19.1. The van der Waals surface area contributed by atoms with E-state index in [0.29, 0.717) is 19.4 Å². The maximum Gasteiger partial charge on any atom is 0.413 e. The number of ether oxygens (including phenoxy) is 2. The predicted molar refractivity (Wildman–Crippen MR) is 115 cm³/mol. The van der Waals surface area contributed by atoms with Crippen LogP contribution in [0.1, 0.15) is 39.2 Å². The van der Waals surface area contributed by atoms with E-state index in [4.69, 9.17) is 13.9 Å². The van der Waals surface area contributed by atoms with Gasteiger partial charge in [-0.2, -0.15) is 0 Å². The van der Waals surface area contributed by atoms with E-state index in [2.05, 4.69) is 27.4 Å². The van der Waals surface area contributed by atoms with Crippen molar-refractivity contribution < 1.29 is 23.5 Å². The van der Waals surface area contributed by atoms with Gasteiger partial charge in [0.1, 0.15) is 6.61 Å². The first-order valence-corrected chi connectivity index (χ1v) is 12.9. The summed E-state index contributed by atoms with van der Waals surface area (Å²) in [6.07, 6.45) is 1.75. The molecule has 0 saturated carbocycles. The van der Waals surface area contributed by atoms with Gasteiger partial charge in [0.25, 0.3) is 0 Å². The first-order valence-electron chi connectivity index (χ1n) is 10.4. The van der Waals surface area contributed by atoms with Crippen LogP contribution in [-0.2, 0) is 25.3 Å². The molecular formula is C22H33NO5Si. The number of carbonyl (C=O) groups is 2. The molecule has 1 aliphatic heterocycles. The lowest BCUT2D eigenvalue weighted by molar-refractivity contribution is -0.143. The highest BCUT2D eigenvalue weighted by Gasteiger charge is 2.53.